The first-order valence-corrected chi connectivity index (χ1v) is 11.5. The smallest absolute Gasteiger partial charge is 0.260 e. The second-order valence-electron chi connectivity index (χ2n) is 7.61. The molecule has 1 heterocycles. The number of nitrogens with one attached hydrogen (secondary N) is 1. The van der Waals surface area contributed by atoms with Gasteiger partial charge in [-0.3, -0.25) is 4.79 Å². The minimum atomic E-state index is -3.53. The lowest BCUT2D eigenvalue weighted by atomic mass is 9.96. The van der Waals surface area contributed by atoms with E-state index in [1.807, 2.05) is 4.90 Å². The van der Waals surface area contributed by atoms with E-state index >= 15 is 0 Å². The number of rotatable bonds is 6. The Morgan fingerprint density at radius 2 is 1.78 bits per heavy atom. The molecule has 2 fully saturated rings. The minimum absolute atomic E-state index is 0.00669. The number of nitrogens with zero attached hydrogens (tertiary/aromatic N) is 1. The lowest BCUT2D eigenvalue weighted by molar-refractivity contribution is -0.134. The van der Waals surface area contributed by atoms with Crippen molar-refractivity contribution >= 4 is 15.9 Å². The van der Waals surface area contributed by atoms with E-state index in [4.69, 9.17) is 4.74 Å². The Balaban J connectivity index is 1.60. The molecular formula is C20H30N2O4S. The highest BCUT2D eigenvalue weighted by atomic mass is 32.2. The Labute approximate surface area is 162 Å². The normalized spacial score (nSPS) is 19.1. The molecule has 1 aliphatic heterocycles. The summed E-state index contributed by atoms with van der Waals surface area (Å²) in [5, 5.41) is 0. The molecule has 0 aromatic heterocycles. The Morgan fingerprint density at radius 3 is 2.44 bits per heavy atom. The average Bonchev–Trinajstić information content (AvgIpc) is 2.68. The fourth-order valence-electron chi connectivity index (χ4n) is 3.83. The van der Waals surface area contributed by atoms with Crippen LogP contribution in [0.25, 0.3) is 0 Å². The summed E-state index contributed by atoms with van der Waals surface area (Å²) in [6.07, 6.45) is 8.40. The summed E-state index contributed by atoms with van der Waals surface area (Å²) in [6.45, 7) is 3.39. The number of piperidine rings is 1. The molecule has 1 aromatic carbocycles. The zero-order valence-electron chi connectivity index (χ0n) is 16.1. The van der Waals surface area contributed by atoms with Crippen LogP contribution in [0.3, 0.4) is 0 Å². The highest BCUT2D eigenvalue weighted by molar-refractivity contribution is 7.89. The van der Waals surface area contributed by atoms with Gasteiger partial charge in [0.2, 0.25) is 10.0 Å². The fraction of sp³-hybridized carbons (Fsp3) is 0.650. The summed E-state index contributed by atoms with van der Waals surface area (Å²) in [5.41, 5.74) is 0.716. The number of hydrogen-bond acceptors (Lipinski definition) is 4. The number of amides is 1. The van der Waals surface area contributed by atoms with E-state index in [0.717, 1.165) is 51.6 Å². The first kappa shape index (κ1) is 20.1. The topological polar surface area (TPSA) is 75.7 Å². The molecule has 1 N–H and O–H groups in total. The number of likely N-dealkylation sites (tertiary alicyclic amines) is 1. The molecule has 7 heteroatoms. The maximum atomic E-state index is 12.6. The summed E-state index contributed by atoms with van der Waals surface area (Å²) in [7, 11) is -3.53. The van der Waals surface area contributed by atoms with Crippen LogP contribution in [0.4, 0.5) is 0 Å². The molecule has 0 atom stereocenters. The van der Waals surface area contributed by atoms with Crippen LogP contribution >= 0.6 is 0 Å². The van der Waals surface area contributed by atoms with Crippen LogP contribution < -0.4 is 9.46 Å². The molecule has 1 saturated carbocycles. The lowest BCUT2D eigenvalue weighted by Crippen LogP contribution is -2.38. The zero-order chi connectivity index (χ0) is 19.3. The summed E-state index contributed by atoms with van der Waals surface area (Å²) in [4.78, 5) is 14.3. The molecule has 1 saturated heterocycles. The van der Waals surface area contributed by atoms with Crippen molar-refractivity contribution in [3.8, 4) is 5.75 Å². The highest BCUT2D eigenvalue weighted by Crippen LogP contribution is 2.24. The van der Waals surface area contributed by atoms with Crippen LogP contribution in [0, 0.1) is 6.92 Å². The number of carbonyl (C=O) groups is 1. The second-order valence-corrected chi connectivity index (χ2v) is 9.33. The van der Waals surface area contributed by atoms with Gasteiger partial charge in [-0.1, -0.05) is 19.3 Å². The van der Waals surface area contributed by atoms with Gasteiger partial charge < -0.3 is 9.64 Å². The minimum Gasteiger partial charge on any atom is -0.483 e. The third-order valence-corrected chi connectivity index (χ3v) is 6.96. The quantitative estimate of drug-likeness (QED) is 0.805. The van der Waals surface area contributed by atoms with Crippen LogP contribution in [0.1, 0.15) is 56.9 Å². The maximum Gasteiger partial charge on any atom is 0.260 e. The van der Waals surface area contributed by atoms with Crippen molar-refractivity contribution in [2.75, 3.05) is 19.7 Å². The number of ether oxygens (including phenoxy) is 1. The molecule has 2 aliphatic rings. The third-order valence-electron chi connectivity index (χ3n) is 5.44. The van der Waals surface area contributed by atoms with Crippen LogP contribution in [0.15, 0.2) is 23.1 Å². The number of hydrogen-bond donors (Lipinski definition) is 1. The van der Waals surface area contributed by atoms with Crippen molar-refractivity contribution in [1.82, 2.24) is 9.62 Å². The van der Waals surface area contributed by atoms with E-state index < -0.39 is 10.0 Å². The summed E-state index contributed by atoms with van der Waals surface area (Å²) < 4.78 is 33.7. The zero-order valence-corrected chi connectivity index (χ0v) is 16.9. The number of benzene rings is 1. The molecule has 1 aliphatic carbocycles. The predicted octanol–water partition coefficient (Wildman–Crippen LogP) is 3.00. The number of carbonyl (C=O) groups excluding carboxylic acids is 1. The number of aryl methyl sites for hydroxylation is 1. The molecule has 3 rings (SSSR count). The molecule has 1 aromatic rings. The van der Waals surface area contributed by atoms with Crippen molar-refractivity contribution in [2.24, 2.45) is 0 Å². The van der Waals surface area contributed by atoms with Gasteiger partial charge in [0, 0.05) is 19.1 Å². The summed E-state index contributed by atoms with van der Waals surface area (Å²) in [6, 6.07) is 4.85. The van der Waals surface area contributed by atoms with Crippen LogP contribution in [0.5, 0.6) is 5.75 Å². The van der Waals surface area contributed by atoms with E-state index in [0.29, 0.717) is 11.3 Å². The van der Waals surface area contributed by atoms with Gasteiger partial charge in [-0.25, -0.2) is 13.1 Å². The second kappa shape index (κ2) is 9.06. The van der Waals surface area contributed by atoms with Gasteiger partial charge in [0.15, 0.2) is 6.61 Å². The Hall–Kier alpha value is -1.60. The monoisotopic (exact) mass is 394 g/mol. The van der Waals surface area contributed by atoms with Crippen molar-refractivity contribution in [1.29, 1.82) is 0 Å². The van der Waals surface area contributed by atoms with Crippen molar-refractivity contribution in [3.63, 3.8) is 0 Å². The first-order valence-electron chi connectivity index (χ1n) is 9.99. The van der Waals surface area contributed by atoms with Gasteiger partial charge in [0.25, 0.3) is 5.91 Å². The van der Waals surface area contributed by atoms with Gasteiger partial charge >= 0.3 is 0 Å². The third kappa shape index (κ3) is 5.45. The lowest BCUT2D eigenvalue weighted by Gasteiger charge is -2.26. The SMILES string of the molecule is Cc1cc(S(=O)(=O)NC2CCCCC2)ccc1OCC(=O)N1CCCCC1. The molecule has 0 bridgehead atoms. The molecule has 27 heavy (non-hydrogen) atoms. The van der Waals surface area contributed by atoms with Gasteiger partial charge in [0.1, 0.15) is 5.75 Å². The van der Waals surface area contributed by atoms with Crippen LogP contribution in [0.2, 0.25) is 0 Å². The summed E-state index contributed by atoms with van der Waals surface area (Å²) in [5.74, 6) is 0.543. The molecule has 0 radical (unpaired) electrons. The Morgan fingerprint density at radius 1 is 1.11 bits per heavy atom. The van der Waals surface area contributed by atoms with Crippen molar-refractivity contribution in [2.45, 2.75) is 69.2 Å². The van der Waals surface area contributed by atoms with Gasteiger partial charge in [0.05, 0.1) is 4.90 Å². The largest absolute Gasteiger partial charge is 0.483 e. The number of sulfonamides is 1. The van der Waals surface area contributed by atoms with E-state index in [-0.39, 0.29) is 23.5 Å². The standard InChI is InChI=1S/C20H30N2O4S/c1-16-14-18(27(24,25)21-17-8-4-2-5-9-17)10-11-19(16)26-15-20(23)22-12-6-3-7-13-22/h10-11,14,17,21H,2-9,12-13,15H2,1H3. The highest BCUT2D eigenvalue weighted by Gasteiger charge is 2.23. The van der Waals surface area contributed by atoms with Crippen molar-refractivity contribution in [3.05, 3.63) is 23.8 Å². The molecule has 0 unspecified atom stereocenters. The van der Waals surface area contributed by atoms with E-state index in [1.165, 1.54) is 12.8 Å². The summed E-state index contributed by atoms with van der Waals surface area (Å²) >= 11 is 0. The van der Waals surface area contributed by atoms with E-state index in [9.17, 15) is 13.2 Å². The molecule has 150 valence electrons. The first-order chi connectivity index (χ1) is 13.0. The van der Waals surface area contributed by atoms with E-state index in [2.05, 4.69) is 4.72 Å². The molecule has 1 amide bonds. The van der Waals surface area contributed by atoms with Crippen LogP contribution in [-0.4, -0.2) is 45.0 Å². The average molecular weight is 395 g/mol. The van der Waals surface area contributed by atoms with E-state index in [1.54, 1.807) is 25.1 Å². The van der Waals surface area contributed by atoms with Gasteiger partial charge in [-0.2, -0.15) is 0 Å². The molecule has 0 spiro atoms. The Kier molecular flexibility index (Phi) is 6.76. The van der Waals surface area contributed by atoms with Gasteiger partial charge in [-0.05, 0) is 62.8 Å². The van der Waals surface area contributed by atoms with Gasteiger partial charge in [-0.15, -0.1) is 0 Å². The predicted molar refractivity (Wildman–Crippen MR) is 104 cm³/mol. The molecular weight excluding hydrogens is 364 g/mol. The maximum absolute atomic E-state index is 12.6. The van der Waals surface area contributed by atoms with Crippen molar-refractivity contribution < 1.29 is 17.9 Å². The Bertz CT molecular complexity index is 751. The van der Waals surface area contributed by atoms with Crippen LogP contribution in [-0.2, 0) is 14.8 Å². The molecule has 6 nitrogen and oxygen atoms in total. The fourth-order valence-corrected chi connectivity index (χ4v) is 5.22.